The predicted octanol–water partition coefficient (Wildman–Crippen LogP) is 2.35. The van der Waals surface area contributed by atoms with E-state index in [1.807, 2.05) is 31.2 Å². The molecule has 0 bridgehead atoms. The summed E-state index contributed by atoms with van der Waals surface area (Å²) in [5.41, 5.74) is 1.81. The zero-order valence-corrected chi connectivity index (χ0v) is 8.10. The van der Waals surface area contributed by atoms with E-state index in [2.05, 4.69) is 4.98 Å². The smallest absolute Gasteiger partial charge is 0.373 e. The average molecular weight is 203 g/mol. The zero-order valence-electron chi connectivity index (χ0n) is 8.10. The van der Waals surface area contributed by atoms with Crippen LogP contribution in [0.3, 0.4) is 0 Å². The van der Waals surface area contributed by atoms with E-state index in [0.29, 0.717) is 5.89 Å². The highest BCUT2D eigenvalue weighted by Gasteiger charge is 2.12. The fourth-order valence-electron chi connectivity index (χ4n) is 1.31. The van der Waals surface area contributed by atoms with Gasteiger partial charge in [0.25, 0.3) is 0 Å². The Morgan fingerprint density at radius 3 is 2.73 bits per heavy atom. The van der Waals surface area contributed by atoms with Crippen LogP contribution in [0.15, 0.2) is 34.9 Å². The minimum absolute atomic E-state index is 0.145. The number of benzene rings is 1. The molecule has 76 valence electrons. The second kappa shape index (κ2) is 3.57. The van der Waals surface area contributed by atoms with Crippen LogP contribution >= 0.6 is 0 Å². The van der Waals surface area contributed by atoms with Crippen molar-refractivity contribution in [3.63, 3.8) is 0 Å². The molecule has 0 unspecified atom stereocenters. The van der Waals surface area contributed by atoms with Crippen LogP contribution in [0.4, 0.5) is 0 Å². The van der Waals surface area contributed by atoms with Crippen molar-refractivity contribution in [2.75, 3.05) is 0 Å². The molecule has 0 radical (unpaired) electrons. The van der Waals surface area contributed by atoms with Crippen LogP contribution in [0.1, 0.15) is 16.1 Å². The van der Waals surface area contributed by atoms with Crippen molar-refractivity contribution < 1.29 is 14.3 Å². The van der Waals surface area contributed by atoms with Crippen molar-refractivity contribution in [1.29, 1.82) is 0 Å². The van der Waals surface area contributed by atoms with E-state index >= 15 is 0 Å². The number of hydrogen-bond donors (Lipinski definition) is 1. The molecule has 1 heterocycles. The maximum absolute atomic E-state index is 10.6. The van der Waals surface area contributed by atoms with Crippen LogP contribution in [-0.2, 0) is 0 Å². The van der Waals surface area contributed by atoms with Crippen LogP contribution in [0, 0.1) is 6.92 Å². The molecule has 0 saturated heterocycles. The van der Waals surface area contributed by atoms with Gasteiger partial charge in [0.15, 0.2) is 0 Å². The molecule has 0 atom stereocenters. The number of nitrogens with zero attached hydrogens (tertiary/aromatic N) is 1. The van der Waals surface area contributed by atoms with Gasteiger partial charge in [-0.05, 0) is 18.6 Å². The Balaban J connectivity index is 2.46. The van der Waals surface area contributed by atoms with Crippen molar-refractivity contribution in [2.45, 2.75) is 6.92 Å². The molecule has 4 nitrogen and oxygen atoms in total. The Bertz CT molecular complexity index is 502. The predicted molar refractivity (Wildman–Crippen MR) is 53.6 cm³/mol. The van der Waals surface area contributed by atoms with Crippen molar-refractivity contribution in [3.8, 4) is 11.5 Å². The topological polar surface area (TPSA) is 63.3 Å². The van der Waals surface area contributed by atoms with E-state index in [4.69, 9.17) is 9.52 Å². The van der Waals surface area contributed by atoms with Gasteiger partial charge in [-0.3, -0.25) is 0 Å². The quantitative estimate of drug-likeness (QED) is 0.813. The SMILES string of the molecule is Cc1ccccc1-c1ncc(C(=O)O)o1. The van der Waals surface area contributed by atoms with Gasteiger partial charge in [-0.1, -0.05) is 18.2 Å². The fourth-order valence-corrected chi connectivity index (χ4v) is 1.31. The summed E-state index contributed by atoms with van der Waals surface area (Å²) in [7, 11) is 0. The highest BCUT2D eigenvalue weighted by molar-refractivity contribution is 5.84. The van der Waals surface area contributed by atoms with Crippen LogP contribution in [0.5, 0.6) is 0 Å². The number of aromatic carboxylic acids is 1. The van der Waals surface area contributed by atoms with Crippen molar-refractivity contribution in [1.82, 2.24) is 4.98 Å². The summed E-state index contributed by atoms with van der Waals surface area (Å²) >= 11 is 0. The first-order chi connectivity index (χ1) is 7.18. The normalized spacial score (nSPS) is 10.2. The highest BCUT2D eigenvalue weighted by Crippen LogP contribution is 2.22. The summed E-state index contributed by atoms with van der Waals surface area (Å²) in [5.74, 6) is -0.916. The first kappa shape index (κ1) is 9.45. The monoisotopic (exact) mass is 203 g/mol. The number of hydrogen-bond acceptors (Lipinski definition) is 3. The molecule has 4 heteroatoms. The van der Waals surface area contributed by atoms with Crippen molar-refractivity contribution in [2.24, 2.45) is 0 Å². The molecule has 0 fully saturated rings. The summed E-state index contributed by atoms with van der Waals surface area (Å²) in [6.45, 7) is 1.92. The molecule has 0 amide bonds. The molecule has 0 aliphatic rings. The largest absolute Gasteiger partial charge is 0.475 e. The first-order valence-corrected chi connectivity index (χ1v) is 4.43. The average Bonchev–Trinajstić information content (AvgIpc) is 2.67. The Labute approximate surface area is 86.2 Å². The molecule has 2 aromatic rings. The van der Waals surface area contributed by atoms with Gasteiger partial charge in [0, 0.05) is 5.56 Å². The highest BCUT2D eigenvalue weighted by atomic mass is 16.4. The standard InChI is InChI=1S/C11H9NO3/c1-7-4-2-3-5-8(7)10-12-6-9(15-10)11(13)14/h2-6H,1H3,(H,13,14). The van der Waals surface area contributed by atoms with E-state index in [1.54, 1.807) is 0 Å². The second-order valence-corrected chi connectivity index (χ2v) is 3.15. The minimum atomic E-state index is -1.11. The lowest BCUT2D eigenvalue weighted by Crippen LogP contribution is -1.91. The third-order valence-electron chi connectivity index (χ3n) is 2.09. The molecule has 0 spiro atoms. The van der Waals surface area contributed by atoms with Crippen LogP contribution in [0.25, 0.3) is 11.5 Å². The number of carbonyl (C=O) groups is 1. The van der Waals surface area contributed by atoms with Gasteiger partial charge in [-0.15, -0.1) is 0 Å². The number of rotatable bonds is 2. The summed E-state index contributed by atoms with van der Waals surface area (Å²) in [6, 6.07) is 7.51. The van der Waals surface area contributed by atoms with Gasteiger partial charge >= 0.3 is 5.97 Å². The van der Waals surface area contributed by atoms with Crippen molar-refractivity contribution >= 4 is 5.97 Å². The molecule has 1 aromatic carbocycles. The van der Waals surface area contributed by atoms with Crippen LogP contribution in [-0.4, -0.2) is 16.1 Å². The summed E-state index contributed by atoms with van der Waals surface area (Å²) < 4.78 is 5.10. The lowest BCUT2D eigenvalue weighted by molar-refractivity contribution is 0.0663. The second-order valence-electron chi connectivity index (χ2n) is 3.15. The molecule has 0 aliphatic carbocycles. The number of carboxylic acids is 1. The molecule has 1 N–H and O–H groups in total. The number of aromatic nitrogens is 1. The number of carboxylic acid groups (broad SMARTS) is 1. The lowest BCUT2D eigenvalue weighted by Gasteiger charge is -1.98. The third-order valence-corrected chi connectivity index (χ3v) is 2.09. The maximum atomic E-state index is 10.6. The molecule has 1 aromatic heterocycles. The molecule has 0 saturated carbocycles. The van der Waals surface area contributed by atoms with E-state index in [9.17, 15) is 4.79 Å². The Kier molecular flexibility index (Phi) is 2.25. The van der Waals surface area contributed by atoms with Crippen LogP contribution in [0.2, 0.25) is 0 Å². The van der Waals surface area contributed by atoms with Gasteiger partial charge in [0.2, 0.25) is 11.7 Å². The molecule has 15 heavy (non-hydrogen) atoms. The van der Waals surface area contributed by atoms with E-state index < -0.39 is 5.97 Å². The van der Waals surface area contributed by atoms with Gasteiger partial charge in [-0.2, -0.15) is 0 Å². The molecule has 2 rings (SSSR count). The van der Waals surface area contributed by atoms with Gasteiger partial charge in [0.1, 0.15) is 0 Å². The summed E-state index contributed by atoms with van der Waals surface area (Å²) in [4.78, 5) is 14.5. The van der Waals surface area contributed by atoms with Gasteiger partial charge < -0.3 is 9.52 Å². The van der Waals surface area contributed by atoms with Gasteiger partial charge in [-0.25, -0.2) is 9.78 Å². The molecular weight excluding hydrogens is 194 g/mol. The summed E-state index contributed by atoms with van der Waals surface area (Å²) in [5, 5.41) is 8.68. The third kappa shape index (κ3) is 1.74. The number of aryl methyl sites for hydroxylation is 1. The molecule has 0 aliphatic heterocycles. The Morgan fingerprint density at radius 1 is 1.40 bits per heavy atom. The van der Waals surface area contributed by atoms with Crippen LogP contribution < -0.4 is 0 Å². The zero-order chi connectivity index (χ0) is 10.8. The minimum Gasteiger partial charge on any atom is -0.475 e. The van der Waals surface area contributed by atoms with Crippen molar-refractivity contribution in [3.05, 3.63) is 41.8 Å². The first-order valence-electron chi connectivity index (χ1n) is 4.43. The maximum Gasteiger partial charge on any atom is 0.373 e. The lowest BCUT2D eigenvalue weighted by atomic mass is 10.1. The summed E-state index contributed by atoms with van der Waals surface area (Å²) in [6.07, 6.45) is 1.21. The fraction of sp³-hybridized carbons (Fsp3) is 0.0909. The molecular formula is C11H9NO3. The Morgan fingerprint density at radius 2 is 2.13 bits per heavy atom. The van der Waals surface area contributed by atoms with E-state index in [1.165, 1.54) is 6.20 Å². The Hall–Kier alpha value is -2.10. The van der Waals surface area contributed by atoms with Gasteiger partial charge in [0.05, 0.1) is 6.20 Å². The number of oxazole rings is 1. The van der Waals surface area contributed by atoms with E-state index in [0.717, 1.165) is 11.1 Å². The van der Waals surface area contributed by atoms with E-state index in [-0.39, 0.29) is 5.76 Å².